The van der Waals surface area contributed by atoms with Crippen LogP contribution in [0.5, 0.6) is 0 Å². The number of hydrogen-bond acceptors (Lipinski definition) is 3. The zero-order valence-corrected chi connectivity index (χ0v) is 10.7. The van der Waals surface area contributed by atoms with Gasteiger partial charge in [-0.1, -0.05) is 21.1 Å². The van der Waals surface area contributed by atoms with Crippen LogP contribution < -0.4 is 5.32 Å². The maximum absolute atomic E-state index is 13.5. The minimum Gasteiger partial charge on any atom is -0.351 e. The monoisotopic (exact) mass is 316 g/mol. The van der Waals surface area contributed by atoms with Crippen LogP contribution in [0.1, 0.15) is 16.2 Å². The van der Waals surface area contributed by atoms with Crippen LogP contribution in [0.15, 0.2) is 27.2 Å². The predicted molar refractivity (Wildman–Crippen MR) is 63.3 cm³/mol. The van der Waals surface area contributed by atoms with Gasteiger partial charge in [0.2, 0.25) is 5.76 Å². The van der Waals surface area contributed by atoms with Crippen molar-refractivity contribution in [3.63, 3.8) is 0 Å². The van der Waals surface area contributed by atoms with Gasteiger partial charge in [-0.25, -0.2) is 8.78 Å². The largest absolute Gasteiger partial charge is 0.351 e. The van der Waals surface area contributed by atoms with Crippen molar-refractivity contribution < 1.29 is 18.1 Å². The van der Waals surface area contributed by atoms with E-state index in [1.54, 1.807) is 6.92 Å². The Hall–Kier alpha value is -1.76. The first-order chi connectivity index (χ1) is 8.47. The fraction of sp³-hybridized carbons (Fsp3) is 0.0909. The molecule has 0 unspecified atom stereocenters. The maximum atomic E-state index is 13.5. The summed E-state index contributed by atoms with van der Waals surface area (Å²) >= 11 is 2.94. The number of anilines is 1. The highest BCUT2D eigenvalue weighted by molar-refractivity contribution is 9.10. The summed E-state index contributed by atoms with van der Waals surface area (Å²) in [7, 11) is 0. The van der Waals surface area contributed by atoms with Crippen LogP contribution in [0.2, 0.25) is 0 Å². The Morgan fingerprint density at radius 1 is 1.33 bits per heavy atom. The highest BCUT2D eigenvalue weighted by atomic mass is 79.9. The van der Waals surface area contributed by atoms with Crippen LogP contribution in [0, 0.1) is 18.6 Å². The van der Waals surface area contributed by atoms with Crippen molar-refractivity contribution >= 4 is 27.5 Å². The van der Waals surface area contributed by atoms with Crippen LogP contribution in [0.4, 0.5) is 14.5 Å². The summed E-state index contributed by atoms with van der Waals surface area (Å²) in [6.07, 6.45) is 0. The van der Waals surface area contributed by atoms with Crippen LogP contribution >= 0.6 is 15.9 Å². The molecule has 1 amide bonds. The predicted octanol–water partition coefficient (Wildman–Crippen LogP) is 3.28. The highest BCUT2D eigenvalue weighted by Gasteiger charge is 2.17. The lowest BCUT2D eigenvalue weighted by Gasteiger charge is -2.06. The molecule has 0 saturated heterocycles. The second-order valence-corrected chi connectivity index (χ2v) is 4.45. The average molecular weight is 317 g/mol. The Kier molecular flexibility index (Phi) is 3.42. The van der Waals surface area contributed by atoms with Crippen molar-refractivity contribution in [1.82, 2.24) is 5.16 Å². The lowest BCUT2D eigenvalue weighted by Crippen LogP contribution is -2.13. The molecule has 0 atom stereocenters. The van der Waals surface area contributed by atoms with Gasteiger partial charge in [0.05, 0.1) is 5.69 Å². The van der Waals surface area contributed by atoms with Crippen LogP contribution in [-0.2, 0) is 0 Å². The number of carbonyl (C=O) groups is 1. The smallest absolute Gasteiger partial charge is 0.294 e. The molecule has 0 radical (unpaired) electrons. The lowest BCUT2D eigenvalue weighted by atomic mass is 10.2. The zero-order valence-electron chi connectivity index (χ0n) is 9.13. The summed E-state index contributed by atoms with van der Waals surface area (Å²) < 4.78 is 31.9. The van der Waals surface area contributed by atoms with Gasteiger partial charge in [0.25, 0.3) is 5.91 Å². The number of hydrogen-bond donors (Lipinski definition) is 1. The molecule has 0 bridgehead atoms. The van der Waals surface area contributed by atoms with Gasteiger partial charge in [-0.2, -0.15) is 0 Å². The molecule has 1 aromatic heterocycles. The Labute approximate surface area is 109 Å². The van der Waals surface area contributed by atoms with E-state index in [1.165, 1.54) is 6.07 Å². The van der Waals surface area contributed by atoms with E-state index in [0.717, 1.165) is 12.1 Å². The van der Waals surface area contributed by atoms with E-state index in [0.29, 0.717) is 5.69 Å². The van der Waals surface area contributed by atoms with E-state index >= 15 is 0 Å². The summed E-state index contributed by atoms with van der Waals surface area (Å²) in [4.78, 5) is 11.6. The molecule has 4 nitrogen and oxygen atoms in total. The van der Waals surface area contributed by atoms with Gasteiger partial charge in [0.15, 0.2) is 11.6 Å². The van der Waals surface area contributed by atoms with E-state index in [4.69, 9.17) is 0 Å². The Balaban J connectivity index is 2.27. The first kappa shape index (κ1) is 12.7. The van der Waals surface area contributed by atoms with E-state index in [9.17, 15) is 13.6 Å². The van der Waals surface area contributed by atoms with Gasteiger partial charge in [-0.05, 0) is 19.1 Å². The lowest BCUT2D eigenvalue weighted by molar-refractivity contribution is 0.0987. The number of carbonyl (C=O) groups excluding carboxylic acids is 1. The fourth-order valence-electron chi connectivity index (χ4n) is 1.31. The summed E-state index contributed by atoms with van der Waals surface area (Å²) in [5.74, 6) is -2.65. The van der Waals surface area contributed by atoms with Crippen molar-refractivity contribution in [3.8, 4) is 0 Å². The number of nitrogens with zero attached hydrogens (tertiary/aromatic N) is 1. The summed E-state index contributed by atoms with van der Waals surface area (Å²) in [6.45, 7) is 1.63. The first-order valence-electron chi connectivity index (χ1n) is 4.86. The van der Waals surface area contributed by atoms with Gasteiger partial charge < -0.3 is 9.84 Å². The van der Waals surface area contributed by atoms with E-state index in [-0.39, 0.29) is 10.2 Å². The summed E-state index contributed by atoms with van der Waals surface area (Å²) in [5, 5.41) is 5.60. The van der Waals surface area contributed by atoms with E-state index < -0.39 is 23.2 Å². The van der Waals surface area contributed by atoms with Gasteiger partial charge in [-0.3, -0.25) is 4.79 Å². The van der Waals surface area contributed by atoms with E-state index in [1.807, 2.05) is 0 Å². The molecule has 2 aromatic rings. The van der Waals surface area contributed by atoms with Crippen molar-refractivity contribution in [3.05, 3.63) is 45.8 Å². The molecule has 1 heterocycles. The molecule has 0 spiro atoms. The molecular weight excluding hydrogens is 310 g/mol. The van der Waals surface area contributed by atoms with Gasteiger partial charge in [0.1, 0.15) is 5.69 Å². The minimum atomic E-state index is -0.883. The third-order valence-corrected chi connectivity index (χ3v) is 2.56. The number of nitrogens with one attached hydrogen (secondary N) is 1. The highest BCUT2D eigenvalue weighted by Crippen LogP contribution is 2.24. The Bertz CT molecular complexity index is 590. The molecule has 2 rings (SSSR count). The van der Waals surface area contributed by atoms with Crippen LogP contribution in [-0.4, -0.2) is 11.1 Å². The van der Waals surface area contributed by atoms with Crippen LogP contribution in [0.3, 0.4) is 0 Å². The quantitative estimate of drug-likeness (QED) is 0.925. The number of halogens is 3. The molecule has 0 aliphatic carbocycles. The maximum Gasteiger partial charge on any atom is 0.294 e. The number of aryl methyl sites for hydroxylation is 1. The van der Waals surface area contributed by atoms with Crippen molar-refractivity contribution in [2.45, 2.75) is 6.92 Å². The van der Waals surface area contributed by atoms with E-state index in [2.05, 4.69) is 30.9 Å². The summed E-state index contributed by atoms with van der Waals surface area (Å²) in [6, 6.07) is 3.46. The Morgan fingerprint density at radius 3 is 2.44 bits per heavy atom. The molecule has 0 saturated carbocycles. The molecule has 1 N–H and O–H groups in total. The molecule has 0 aliphatic heterocycles. The van der Waals surface area contributed by atoms with Crippen molar-refractivity contribution in [1.29, 1.82) is 0 Å². The molecule has 18 heavy (non-hydrogen) atoms. The normalized spacial score (nSPS) is 10.4. The molecular formula is C11H7BrF2N2O2. The van der Waals surface area contributed by atoms with Crippen molar-refractivity contribution in [2.75, 3.05) is 5.32 Å². The first-order valence-corrected chi connectivity index (χ1v) is 5.66. The van der Waals surface area contributed by atoms with Crippen molar-refractivity contribution in [2.24, 2.45) is 0 Å². The zero-order chi connectivity index (χ0) is 13.3. The number of aromatic nitrogens is 1. The summed E-state index contributed by atoms with van der Waals surface area (Å²) in [5.41, 5.74) is -0.0332. The molecule has 0 aliphatic rings. The third kappa shape index (κ3) is 2.56. The minimum absolute atomic E-state index is 0.116. The average Bonchev–Trinajstić information content (AvgIpc) is 2.70. The van der Waals surface area contributed by atoms with Gasteiger partial charge >= 0.3 is 0 Å². The number of rotatable bonds is 2. The second-order valence-electron chi connectivity index (χ2n) is 3.53. The Morgan fingerprint density at radius 2 is 1.94 bits per heavy atom. The number of benzene rings is 1. The van der Waals surface area contributed by atoms with Gasteiger partial charge in [0, 0.05) is 10.5 Å². The third-order valence-electron chi connectivity index (χ3n) is 2.10. The SMILES string of the molecule is Cc1cc(C(=O)Nc2c(F)cc(Br)cc2F)on1. The molecule has 7 heteroatoms. The fourth-order valence-corrected chi connectivity index (χ4v) is 1.71. The second kappa shape index (κ2) is 4.85. The standard InChI is InChI=1S/C11H7BrF2N2O2/c1-5-2-9(18-16-5)11(17)15-10-7(13)3-6(12)4-8(10)14/h2-4H,1H3,(H,15,17). The molecule has 1 aromatic carbocycles. The van der Waals surface area contributed by atoms with Gasteiger partial charge in [-0.15, -0.1) is 0 Å². The topological polar surface area (TPSA) is 55.1 Å². The molecule has 94 valence electrons. The molecule has 0 fully saturated rings. The van der Waals surface area contributed by atoms with Crippen LogP contribution in [0.25, 0.3) is 0 Å². The number of amides is 1.